The number of hydrogen-bond acceptors (Lipinski definition) is 3. The summed E-state index contributed by atoms with van der Waals surface area (Å²) in [5, 5.41) is 14.6. The van der Waals surface area contributed by atoms with Gasteiger partial charge in [0.15, 0.2) is 5.78 Å². The minimum Gasteiger partial charge on any atom is -0.396 e. The number of nitrogens with one attached hydrogen (secondary N) is 2. The highest BCUT2D eigenvalue weighted by atomic mass is 79.9. The molecule has 0 aliphatic rings. The Bertz CT molecular complexity index is 517. The molecule has 0 heterocycles. The zero-order valence-corrected chi connectivity index (χ0v) is 15.4. The van der Waals surface area contributed by atoms with Gasteiger partial charge in [-0.3, -0.25) is 4.79 Å². The molecule has 0 aliphatic heterocycles. The Morgan fingerprint density at radius 3 is 2.30 bits per heavy atom. The molecule has 2 amide bonds. The molecule has 0 saturated heterocycles. The van der Waals surface area contributed by atoms with E-state index in [0.717, 1.165) is 4.47 Å². The van der Waals surface area contributed by atoms with Gasteiger partial charge < -0.3 is 15.7 Å². The highest BCUT2D eigenvalue weighted by Gasteiger charge is 2.23. The number of carbonyl (C=O) groups excluding carboxylic acids is 2. The van der Waals surface area contributed by atoms with E-state index in [-0.39, 0.29) is 30.6 Å². The van der Waals surface area contributed by atoms with Crippen LogP contribution >= 0.6 is 15.9 Å². The van der Waals surface area contributed by atoms with Crippen molar-refractivity contribution in [3.05, 3.63) is 28.7 Å². The molecule has 0 radical (unpaired) electrons. The average molecular weight is 385 g/mol. The first-order valence-corrected chi connectivity index (χ1v) is 8.57. The van der Waals surface area contributed by atoms with E-state index in [9.17, 15) is 9.59 Å². The molecular weight excluding hydrogens is 360 g/mol. The number of aliphatic hydroxyl groups excluding tert-OH is 1. The van der Waals surface area contributed by atoms with Crippen LogP contribution in [0.3, 0.4) is 0 Å². The van der Waals surface area contributed by atoms with Crippen LogP contribution in [-0.4, -0.2) is 29.6 Å². The molecule has 0 spiro atoms. The number of halogens is 1. The molecule has 5 nitrogen and oxygen atoms in total. The molecule has 3 N–H and O–H groups in total. The van der Waals surface area contributed by atoms with Crippen LogP contribution in [0.4, 0.5) is 10.5 Å². The third kappa shape index (κ3) is 7.61. The molecule has 6 heteroatoms. The SMILES string of the molecule is CC(C)C[C@H](NC(=O)Nc1ccc(Br)cc1)C(=O)C[C@H](C)CO. The molecule has 1 rings (SSSR count). The number of benzene rings is 1. The maximum atomic E-state index is 12.3. The lowest BCUT2D eigenvalue weighted by Gasteiger charge is -2.21. The van der Waals surface area contributed by atoms with Crippen LogP contribution in [0.25, 0.3) is 0 Å². The topological polar surface area (TPSA) is 78.4 Å². The average Bonchev–Trinajstić information content (AvgIpc) is 2.48. The number of rotatable bonds is 8. The van der Waals surface area contributed by atoms with Gasteiger partial charge in [0.2, 0.25) is 0 Å². The summed E-state index contributed by atoms with van der Waals surface area (Å²) in [6.45, 7) is 5.78. The van der Waals surface area contributed by atoms with Gasteiger partial charge in [0.25, 0.3) is 0 Å². The molecular formula is C17H25BrN2O3. The summed E-state index contributed by atoms with van der Waals surface area (Å²) in [4.78, 5) is 24.4. The lowest BCUT2D eigenvalue weighted by Crippen LogP contribution is -2.44. The minimum absolute atomic E-state index is 0.0365. The van der Waals surface area contributed by atoms with E-state index in [1.54, 1.807) is 12.1 Å². The monoisotopic (exact) mass is 384 g/mol. The van der Waals surface area contributed by atoms with Gasteiger partial charge in [-0.25, -0.2) is 4.79 Å². The Morgan fingerprint density at radius 1 is 1.17 bits per heavy atom. The molecule has 0 saturated carbocycles. The number of aliphatic hydroxyl groups is 1. The molecule has 0 aliphatic carbocycles. The maximum absolute atomic E-state index is 12.3. The van der Waals surface area contributed by atoms with Gasteiger partial charge in [-0.2, -0.15) is 0 Å². The van der Waals surface area contributed by atoms with Crippen LogP contribution in [0.1, 0.15) is 33.6 Å². The normalized spacial score (nSPS) is 13.5. The third-order valence-electron chi connectivity index (χ3n) is 3.36. The first-order valence-electron chi connectivity index (χ1n) is 7.78. The number of ketones is 1. The van der Waals surface area contributed by atoms with Crippen LogP contribution in [0, 0.1) is 11.8 Å². The lowest BCUT2D eigenvalue weighted by atomic mass is 9.94. The van der Waals surface area contributed by atoms with Crippen LogP contribution in [0.5, 0.6) is 0 Å². The quantitative estimate of drug-likeness (QED) is 0.640. The fourth-order valence-corrected chi connectivity index (χ4v) is 2.42. The predicted octanol–water partition coefficient (Wildman–Crippen LogP) is 3.57. The molecule has 0 unspecified atom stereocenters. The van der Waals surface area contributed by atoms with Gasteiger partial charge in [-0.15, -0.1) is 0 Å². The summed E-state index contributed by atoms with van der Waals surface area (Å²) < 4.78 is 0.925. The summed E-state index contributed by atoms with van der Waals surface area (Å²) in [7, 11) is 0. The molecule has 2 atom stereocenters. The van der Waals surface area contributed by atoms with Crippen molar-refractivity contribution in [3.8, 4) is 0 Å². The Balaban J connectivity index is 2.66. The molecule has 0 fully saturated rings. The van der Waals surface area contributed by atoms with Gasteiger partial charge in [0.05, 0.1) is 6.04 Å². The number of urea groups is 1. The van der Waals surface area contributed by atoms with E-state index in [0.29, 0.717) is 12.1 Å². The van der Waals surface area contributed by atoms with Gasteiger partial charge >= 0.3 is 6.03 Å². The second kappa shape index (κ2) is 9.67. The van der Waals surface area contributed by atoms with E-state index in [4.69, 9.17) is 5.11 Å². The minimum atomic E-state index is -0.542. The third-order valence-corrected chi connectivity index (χ3v) is 3.89. The lowest BCUT2D eigenvalue weighted by molar-refractivity contribution is -0.122. The standard InChI is InChI=1S/C17H25BrN2O3/c1-11(2)8-15(16(22)9-12(3)10-21)20-17(23)19-14-6-4-13(18)5-7-14/h4-7,11-12,15,21H,8-10H2,1-3H3,(H2,19,20,23)/t12-,15-/m0/s1. The Morgan fingerprint density at radius 2 is 1.78 bits per heavy atom. The summed E-state index contributed by atoms with van der Waals surface area (Å²) in [5.41, 5.74) is 0.658. The first kappa shape index (κ1) is 19.6. The van der Waals surface area contributed by atoms with E-state index in [1.165, 1.54) is 0 Å². The molecule has 1 aromatic carbocycles. The Kier molecular flexibility index (Phi) is 8.26. The number of anilines is 1. The molecule has 0 bridgehead atoms. The van der Waals surface area contributed by atoms with Crippen molar-refractivity contribution < 1.29 is 14.7 Å². The molecule has 0 aromatic heterocycles. The number of hydrogen-bond donors (Lipinski definition) is 3. The summed E-state index contributed by atoms with van der Waals surface area (Å²) >= 11 is 3.33. The summed E-state index contributed by atoms with van der Waals surface area (Å²) in [5.74, 6) is 0.126. The van der Waals surface area contributed by atoms with E-state index in [2.05, 4.69) is 26.6 Å². The van der Waals surface area contributed by atoms with E-state index in [1.807, 2.05) is 32.9 Å². The zero-order chi connectivity index (χ0) is 17.4. The van der Waals surface area contributed by atoms with Crippen molar-refractivity contribution in [2.24, 2.45) is 11.8 Å². The number of carbonyl (C=O) groups is 2. The zero-order valence-electron chi connectivity index (χ0n) is 13.8. The van der Waals surface area contributed by atoms with Crippen LogP contribution in [0.2, 0.25) is 0 Å². The van der Waals surface area contributed by atoms with Gasteiger partial charge in [-0.1, -0.05) is 36.7 Å². The summed E-state index contributed by atoms with van der Waals surface area (Å²) in [6.07, 6.45) is 0.831. The highest BCUT2D eigenvalue weighted by Crippen LogP contribution is 2.15. The summed E-state index contributed by atoms with van der Waals surface area (Å²) in [6, 6.07) is 6.26. The second-order valence-electron chi connectivity index (χ2n) is 6.25. The number of amides is 2. The largest absolute Gasteiger partial charge is 0.396 e. The first-order chi connectivity index (χ1) is 10.8. The van der Waals surface area contributed by atoms with Crippen molar-refractivity contribution in [1.29, 1.82) is 0 Å². The van der Waals surface area contributed by atoms with Gasteiger partial charge in [0, 0.05) is 23.2 Å². The van der Waals surface area contributed by atoms with Crippen molar-refractivity contribution >= 4 is 33.4 Å². The molecule has 128 valence electrons. The van der Waals surface area contributed by atoms with E-state index >= 15 is 0 Å². The van der Waals surface area contributed by atoms with Crippen LogP contribution in [-0.2, 0) is 4.79 Å². The highest BCUT2D eigenvalue weighted by molar-refractivity contribution is 9.10. The van der Waals surface area contributed by atoms with Crippen molar-refractivity contribution in [2.45, 2.75) is 39.7 Å². The Hall–Kier alpha value is -1.40. The van der Waals surface area contributed by atoms with Crippen molar-refractivity contribution in [1.82, 2.24) is 5.32 Å². The van der Waals surface area contributed by atoms with E-state index < -0.39 is 12.1 Å². The smallest absolute Gasteiger partial charge is 0.319 e. The number of Topliss-reactive ketones (excluding diaryl/α,β-unsaturated/α-hetero) is 1. The van der Waals surface area contributed by atoms with Crippen molar-refractivity contribution in [3.63, 3.8) is 0 Å². The predicted molar refractivity (Wildman–Crippen MR) is 95.4 cm³/mol. The van der Waals surface area contributed by atoms with Gasteiger partial charge in [0.1, 0.15) is 0 Å². The Labute approximate surface area is 146 Å². The van der Waals surface area contributed by atoms with Crippen LogP contribution in [0.15, 0.2) is 28.7 Å². The fraction of sp³-hybridized carbons (Fsp3) is 0.529. The fourth-order valence-electron chi connectivity index (χ4n) is 2.15. The molecule has 1 aromatic rings. The molecule has 23 heavy (non-hydrogen) atoms. The van der Waals surface area contributed by atoms with Crippen molar-refractivity contribution in [2.75, 3.05) is 11.9 Å². The maximum Gasteiger partial charge on any atom is 0.319 e. The van der Waals surface area contributed by atoms with Gasteiger partial charge in [-0.05, 0) is 42.5 Å². The second-order valence-corrected chi connectivity index (χ2v) is 7.16. The van der Waals surface area contributed by atoms with Crippen LogP contribution < -0.4 is 10.6 Å².